The summed E-state index contributed by atoms with van der Waals surface area (Å²) in [5, 5.41) is 0.464. The standard InChI is InChI=1S/C23H26N4O3S/c24-21(28)20(17-7-2-1-3-8-17)31-23-25-19-10-5-4-9-18(19)22(29)27(23)12-6-11-26-13-15-30-16-14-26/h1-5,7-10,20H,6,11-16H2,(H2,24,28). The van der Waals surface area contributed by atoms with E-state index < -0.39 is 11.2 Å². The summed E-state index contributed by atoms with van der Waals surface area (Å²) in [7, 11) is 0. The van der Waals surface area contributed by atoms with Crippen molar-refractivity contribution in [2.24, 2.45) is 5.73 Å². The Kier molecular flexibility index (Phi) is 7.01. The Bertz CT molecular complexity index is 1100. The minimum atomic E-state index is -0.625. The van der Waals surface area contributed by atoms with E-state index >= 15 is 0 Å². The van der Waals surface area contributed by atoms with E-state index in [1.807, 2.05) is 48.5 Å². The van der Waals surface area contributed by atoms with Crippen molar-refractivity contribution < 1.29 is 9.53 Å². The zero-order valence-electron chi connectivity index (χ0n) is 17.3. The van der Waals surface area contributed by atoms with Crippen molar-refractivity contribution in [3.8, 4) is 0 Å². The largest absolute Gasteiger partial charge is 0.379 e. The summed E-state index contributed by atoms with van der Waals surface area (Å²) >= 11 is 1.24. The van der Waals surface area contributed by atoms with E-state index in [-0.39, 0.29) is 5.56 Å². The maximum absolute atomic E-state index is 13.3. The fourth-order valence-electron chi connectivity index (χ4n) is 3.74. The van der Waals surface area contributed by atoms with Crippen molar-refractivity contribution in [2.75, 3.05) is 32.8 Å². The van der Waals surface area contributed by atoms with E-state index in [0.717, 1.165) is 44.8 Å². The normalized spacial score (nSPS) is 15.7. The van der Waals surface area contributed by atoms with Crippen LogP contribution in [0.15, 0.2) is 64.5 Å². The number of benzene rings is 2. The van der Waals surface area contributed by atoms with E-state index in [4.69, 9.17) is 15.5 Å². The topological polar surface area (TPSA) is 90.5 Å². The maximum Gasteiger partial charge on any atom is 0.262 e. The first-order valence-electron chi connectivity index (χ1n) is 10.4. The van der Waals surface area contributed by atoms with Crippen LogP contribution in [0.3, 0.4) is 0 Å². The van der Waals surface area contributed by atoms with Crippen LogP contribution >= 0.6 is 11.8 Å². The van der Waals surface area contributed by atoms with Gasteiger partial charge in [0, 0.05) is 26.2 Å². The van der Waals surface area contributed by atoms with Crippen LogP contribution in [0.5, 0.6) is 0 Å². The van der Waals surface area contributed by atoms with Gasteiger partial charge in [0.25, 0.3) is 5.56 Å². The lowest BCUT2D eigenvalue weighted by molar-refractivity contribution is -0.117. The van der Waals surface area contributed by atoms with E-state index in [9.17, 15) is 9.59 Å². The van der Waals surface area contributed by atoms with Gasteiger partial charge in [-0.3, -0.25) is 19.1 Å². The van der Waals surface area contributed by atoms with Crippen molar-refractivity contribution in [1.29, 1.82) is 0 Å². The molecule has 1 amide bonds. The molecule has 4 rings (SSSR count). The third-order valence-corrected chi connectivity index (χ3v) is 6.63. The number of hydrogen-bond donors (Lipinski definition) is 1. The number of thioether (sulfide) groups is 1. The molecule has 1 saturated heterocycles. The predicted molar refractivity (Wildman–Crippen MR) is 122 cm³/mol. The van der Waals surface area contributed by atoms with Crippen LogP contribution in [0.1, 0.15) is 17.2 Å². The van der Waals surface area contributed by atoms with Gasteiger partial charge in [-0.25, -0.2) is 4.98 Å². The quantitative estimate of drug-likeness (QED) is 0.429. The molecule has 1 atom stereocenters. The Morgan fingerprint density at radius 2 is 1.77 bits per heavy atom. The highest BCUT2D eigenvalue weighted by atomic mass is 32.2. The zero-order chi connectivity index (χ0) is 21.6. The Balaban J connectivity index is 1.64. The summed E-state index contributed by atoms with van der Waals surface area (Å²) in [5.41, 5.74) is 7.05. The Labute approximate surface area is 185 Å². The molecule has 0 bridgehead atoms. The third kappa shape index (κ3) is 5.15. The van der Waals surface area contributed by atoms with Gasteiger partial charge >= 0.3 is 0 Å². The molecule has 1 aromatic heterocycles. The number of fused-ring (bicyclic) bond motifs is 1. The summed E-state index contributed by atoms with van der Waals surface area (Å²) in [6.07, 6.45) is 0.806. The van der Waals surface area contributed by atoms with E-state index in [1.165, 1.54) is 11.8 Å². The van der Waals surface area contributed by atoms with Crippen LogP contribution in [0.4, 0.5) is 0 Å². The fourth-order valence-corrected chi connectivity index (χ4v) is 4.81. The molecule has 2 aromatic carbocycles. The summed E-state index contributed by atoms with van der Waals surface area (Å²) < 4.78 is 7.09. The van der Waals surface area contributed by atoms with Crippen LogP contribution in [0.2, 0.25) is 0 Å². The zero-order valence-corrected chi connectivity index (χ0v) is 18.1. The SMILES string of the molecule is NC(=O)C(Sc1nc2ccccc2c(=O)n1CCCN1CCOCC1)c1ccccc1. The summed E-state index contributed by atoms with van der Waals surface area (Å²) in [5.74, 6) is -0.460. The summed E-state index contributed by atoms with van der Waals surface area (Å²) in [6.45, 7) is 4.71. The lowest BCUT2D eigenvalue weighted by atomic mass is 10.1. The molecule has 7 nitrogen and oxygen atoms in total. The van der Waals surface area contributed by atoms with Crippen LogP contribution in [0, 0.1) is 0 Å². The van der Waals surface area contributed by atoms with Gasteiger partial charge in [0.05, 0.1) is 24.1 Å². The number of amides is 1. The Hall–Kier alpha value is -2.68. The molecule has 162 valence electrons. The van der Waals surface area contributed by atoms with Gasteiger partial charge in [0.1, 0.15) is 5.25 Å². The number of carbonyl (C=O) groups is 1. The fraction of sp³-hybridized carbons (Fsp3) is 0.348. The predicted octanol–water partition coefficient (Wildman–Crippen LogP) is 2.44. The molecule has 31 heavy (non-hydrogen) atoms. The number of rotatable bonds is 8. The molecule has 0 radical (unpaired) electrons. The second-order valence-electron chi connectivity index (χ2n) is 7.49. The number of carbonyl (C=O) groups excluding carboxylic acids is 1. The van der Waals surface area contributed by atoms with E-state index in [1.54, 1.807) is 10.6 Å². The Morgan fingerprint density at radius 1 is 1.06 bits per heavy atom. The smallest absolute Gasteiger partial charge is 0.262 e. The molecule has 1 aliphatic rings. The molecule has 0 spiro atoms. The number of nitrogens with two attached hydrogens (primary N) is 1. The maximum atomic E-state index is 13.3. The summed E-state index contributed by atoms with van der Waals surface area (Å²) in [6, 6.07) is 16.7. The van der Waals surface area contributed by atoms with Crippen LogP contribution < -0.4 is 11.3 Å². The molecule has 2 N–H and O–H groups in total. The van der Waals surface area contributed by atoms with Crippen LogP contribution in [-0.2, 0) is 16.1 Å². The number of nitrogens with zero attached hydrogens (tertiary/aromatic N) is 3. The number of hydrogen-bond acceptors (Lipinski definition) is 6. The van der Waals surface area contributed by atoms with Gasteiger partial charge in [0.2, 0.25) is 5.91 Å². The first-order valence-corrected chi connectivity index (χ1v) is 11.3. The third-order valence-electron chi connectivity index (χ3n) is 5.37. The molecule has 0 saturated carbocycles. The number of para-hydroxylation sites is 1. The van der Waals surface area contributed by atoms with E-state index in [0.29, 0.717) is 22.6 Å². The highest BCUT2D eigenvalue weighted by molar-refractivity contribution is 8.00. The lowest BCUT2D eigenvalue weighted by Gasteiger charge is -2.26. The van der Waals surface area contributed by atoms with Crippen molar-refractivity contribution in [1.82, 2.24) is 14.5 Å². The molecule has 3 aromatic rings. The van der Waals surface area contributed by atoms with E-state index in [2.05, 4.69) is 4.90 Å². The molecule has 1 aliphatic heterocycles. The summed E-state index contributed by atoms with van der Waals surface area (Å²) in [4.78, 5) is 32.6. The molecule has 0 aliphatic carbocycles. The monoisotopic (exact) mass is 438 g/mol. The van der Waals surface area contributed by atoms with Crippen molar-refractivity contribution in [2.45, 2.75) is 23.4 Å². The number of primary amides is 1. The minimum Gasteiger partial charge on any atom is -0.379 e. The van der Waals surface area contributed by atoms with Gasteiger partial charge < -0.3 is 10.5 Å². The van der Waals surface area contributed by atoms with Crippen molar-refractivity contribution >= 4 is 28.6 Å². The molecule has 2 heterocycles. The number of ether oxygens (including phenoxy) is 1. The van der Waals surface area contributed by atoms with Crippen molar-refractivity contribution in [3.63, 3.8) is 0 Å². The van der Waals surface area contributed by atoms with Gasteiger partial charge in [-0.05, 0) is 24.1 Å². The van der Waals surface area contributed by atoms with Crippen molar-refractivity contribution in [3.05, 3.63) is 70.5 Å². The molecule has 1 fully saturated rings. The average molecular weight is 439 g/mol. The highest BCUT2D eigenvalue weighted by Crippen LogP contribution is 2.34. The Morgan fingerprint density at radius 3 is 2.52 bits per heavy atom. The van der Waals surface area contributed by atoms with Crippen LogP contribution in [0.25, 0.3) is 10.9 Å². The van der Waals surface area contributed by atoms with Gasteiger partial charge in [-0.1, -0.05) is 54.2 Å². The minimum absolute atomic E-state index is 0.0913. The highest BCUT2D eigenvalue weighted by Gasteiger charge is 2.23. The number of morpholine rings is 1. The first-order chi connectivity index (χ1) is 15.1. The molecule has 8 heteroatoms. The first kappa shape index (κ1) is 21.5. The molecular weight excluding hydrogens is 412 g/mol. The number of aromatic nitrogens is 2. The second kappa shape index (κ2) is 10.1. The van der Waals surface area contributed by atoms with Gasteiger partial charge in [-0.15, -0.1) is 0 Å². The lowest BCUT2D eigenvalue weighted by Crippen LogP contribution is -2.37. The van der Waals surface area contributed by atoms with Gasteiger partial charge in [-0.2, -0.15) is 0 Å². The van der Waals surface area contributed by atoms with Gasteiger partial charge in [0.15, 0.2) is 5.16 Å². The second-order valence-corrected chi connectivity index (χ2v) is 8.56. The average Bonchev–Trinajstić information content (AvgIpc) is 2.80. The molecular formula is C23H26N4O3S. The van der Waals surface area contributed by atoms with Crippen LogP contribution in [-0.4, -0.2) is 53.2 Å². The molecule has 1 unspecified atom stereocenters.